The molecule has 6 atom stereocenters. The Morgan fingerprint density at radius 2 is 0.737 bits per heavy atom. The summed E-state index contributed by atoms with van der Waals surface area (Å²) in [5, 5.41) is 0. The predicted octanol–water partition coefficient (Wildman–Crippen LogP) is 1.40. The summed E-state index contributed by atoms with van der Waals surface area (Å²) in [6.07, 6.45) is -3.55. The number of carbonyl (C=O) groups excluding carboxylic acids is 4. The van der Waals surface area contributed by atoms with Crippen molar-refractivity contribution in [1.82, 2.24) is 29.4 Å². The summed E-state index contributed by atoms with van der Waals surface area (Å²) in [4.78, 5) is 64.7. The second-order valence-electron chi connectivity index (χ2n) is 10.5. The highest BCUT2D eigenvalue weighted by molar-refractivity contribution is 5.83. The van der Waals surface area contributed by atoms with Gasteiger partial charge in [-0.3, -0.25) is 48.6 Å². The van der Waals surface area contributed by atoms with Gasteiger partial charge in [-0.15, -0.1) is 0 Å². The zero-order valence-corrected chi connectivity index (χ0v) is 22.0. The number of nitrogens with zero attached hydrogens (tertiary/aromatic N) is 6. The van der Waals surface area contributed by atoms with Gasteiger partial charge in [0.2, 0.25) is 23.6 Å². The van der Waals surface area contributed by atoms with Crippen LogP contribution in [0.15, 0.2) is 60.7 Å². The topological polar surface area (TPSA) is 87.7 Å². The minimum Gasteiger partial charge on any atom is -0.299 e. The molecule has 5 fully saturated rings. The highest BCUT2D eigenvalue weighted by atomic mass is 16.2. The molecule has 0 aromatic heterocycles. The molecule has 2 aromatic carbocycles. The van der Waals surface area contributed by atoms with Crippen molar-refractivity contribution < 1.29 is 19.2 Å². The highest BCUT2D eigenvalue weighted by Crippen LogP contribution is 2.52. The van der Waals surface area contributed by atoms with Gasteiger partial charge in [-0.25, -0.2) is 0 Å². The van der Waals surface area contributed by atoms with Crippen molar-refractivity contribution in [3.05, 3.63) is 71.8 Å². The lowest BCUT2D eigenvalue weighted by Crippen LogP contribution is -2.74. The van der Waals surface area contributed by atoms with Crippen molar-refractivity contribution in [1.29, 1.82) is 0 Å². The Balaban J connectivity index is 1.61. The number of hydrogen-bond donors (Lipinski definition) is 0. The van der Waals surface area contributed by atoms with Crippen LogP contribution in [0.4, 0.5) is 0 Å². The first-order chi connectivity index (χ1) is 18.2. The third-order valence-corrected chi connectivity index (χ3v) is 8.31. The van der Waals surface area contributed by atoms with Crippen LogP contribution in [0.1, 0.15) is 38.8 Å². The van der Waals surface area contributed by atoms with Crippen LogP contribution in [0, 0.1) is 0 Å². The van der Waals surface area contributed by atoms with Gasteiger partial charge in [0.15, 0.2) is 0 Å². The maximum atomic E-state index is 13.4. The van der Waals surface area contributed by atoms with E-state index in [-0.39, 0.29) is 23.6 Å². The van der Waals surface area contributed by atoms with E-state index >= 15 is 0 Å². The molecule has 5 saturated heterocycles. The van der Waals surface area contributed by atoms with E-state index in [9.17, 15) is 19.2 Å². The minimum atomic E-state index is -0.790. The molecule has 0 spiro atoms. The first-order valence-electron chi connectivity index (χ1n) is 13.0. The fourth-order valence-electron chi connectivity index (χ4n) is 7.13. The zero-order valence-electron chi connectivity index (χ0n) is 22.0. The van der Waals surface area contributed by atoms with Crippen LogP contribution in [0.5, 0.6) is 0 Å². The van der Waals surface area contributed by atoms with Crippen LogP contribution >= 0.6 is 0 Å². The lowest BCUT2D eigenvalue weighted by molar-refractivity contribution is -0.179. The Kier molecular flexibility index (Phi) is 5.77. The summed E-state index contributed by atoms with van der Waals surface area (Å²) in [6, 6.07) is 19.8. The van der Waals surface area contributed by atoms with Gasteiger partial charge in [0.1, 0.15) is 37.0 Å². The molecular weight excluding hydrogens is 484 g/mol. The number of piperazine rings is 1. The van der Waals surface area contributed by atoms with Gasteiger partial charge >= 0.3 is 0 Å². The normalized spacial score (nSPS) is 29.8. The molecule has 10 nitrogen and oxygen atoms in total. The average Bonchev–Trinajstić information content (AvgIpc) is 3.36. The molecule has 5 aliphatic heterocycles. The predicted molar refractivity (Wildman–Crippen MR) is 137 cm³/mol. The first kappa shape index (κ1) is 24.6. The number of rotatable bonds is 4. The van der Waals surface area contributed by atoms with Crippen molar-refractivity contribution in [2.24, 2.45) is 0 Å². The second-order valence-corrected chi connectivity index (χ2v) is 10.5. The summed E-state index contributed by atoms with van der Waals surface area (Å²) in [6.45, 7) is 6.89. The Bertz CT molecular complexity index is 1130. The van der Waals surface area contributed by atoms with E-state index in [0.717, 1.165) is 11.1 Å². The van der Waals surface area contributed by atoms with Crippen LogP contribution in [0.3, 0.4) is 0 Å². The zero-order chi connectivity index (χ0) is 26.9. The van der Waals surface area contributed by atoms with E-state index in [4.69, 9.17) is 0 Å². The minimum absolute atomic E-state index is 0.204. The standard InChI is InChI=1S/C28H32N6O4/c1-17(35)31-23-24-30(16-22-13-9-6-10-14-22)26-25(29(23)15-21-11-7-5-8-12-21)33(19(3)37)28(34(26)20(4)38)27(31)32(24)18(2)36/h5-14,23-28H,15-16H2,1-4H3/t23-,24+,25+,26-,27?,28?. The van der Waals surface area contributed by atoms with Gasteiger partial charge in [-0.2, -0.15) is 0 Å². The number of amides is 4. The van der Waals surface area contributed by atoms with Crippen LogP contribution < -0.4 is 0 Å². The molecule has 0 N–H and O–H groups in total. The van der Waals surface area contributed by atoms with E-state index in [1.807, 2.05) is 60.7 Å². The van der Waals surface area contributed by atoms with Crippen molar-refractivity contribution in [2.45, 2.75) is 77.8 Å². The molecule has 2 aromatic rings. The van der Waals surface area contributed by atoms with Gasteiger partial charge in [-0.05, 0) is 11.1 Å². The molecule has 7 rings (SSSR count). The molecular formula is C28H32N6O4. The molecule has 5 aliphatic rings. The summed E-state index contributed by atoms with van der Waals surface area (Å²) >= 11 is 0. The molecule has 198 valence electrons. The SMILES string of the molecule is CC(=O)N1C2C3N(C(C)=O)[C@H]4[C@@H](N3C(C)=O)N(Cc3ccccc3)[C@@H]1[C@@H](N2C(C)=O)N4Cc1ccccc1. The van der Waals surface area contributed by atoms with Crippen molar-refractivity contribution in [2.75, 3.05) is 0 Å². The average molecular weight is 517 g/mol. The molecule has 2 unspecified atom stereocenters. The maximum absolute atomic E-state index is 13.4. The Labute approximate surface area is 222 Å². The van der Waals surface area contributed by atoms with Crippen LogP contribution in [-0.4, -0.2) is 90.0 Å². The Hall–Kier alpha value is -3.76. The van der Waals surface area contributed by atoms with Gasteiger partial charge in [0.25, 0.3) is 0 Å². The fraction of sp³-hybridized carbons (Fsp3) is 0.429. The lowest BCUT2D eigenvalue weighted by Gasteiger charge is -2.54. The fourth-order valence-corrected chi connectivity index (χ4v) is 7.13. The third kappa shape index (κ3) is 3.40. The molecule has 38 heavy (non-hydrogen) atoms. The molecule has 0 radical (unpaired) electrons. The molecule has 5 heterocycles. The monoisotopic (exact) mass is 516 g/mol. The summed E-state index contributed by atoms with van der Waals surface area (Å²) in [7, 11) is 0. The Morgan fingerprint density at radius 3 is 0.974 bits per heavy atom. The molecule has 4 amide bonds. The number of carbonyl (C=O) groups is 4. The Morgan fingerprint density at radius 1 is 0.474 bits per heavy atom. The number of benzene rings is 2. The van der Waals surface area contributed by atoms with E-state index < -0.39 is 37.0 Å². The number of hydrogen-bond acceptors (Lipinski definition) is 6. The highest BCUT2D eigenvalue weighted by Gasteiger charge is 2.74. The second kappa shape index (κ2) is 8.92. The summed E-state index contributed by atoms with van der Waals surface area (Å²) in [5.41, 5.74) is 2.04. The molecule has 0 saturated carbocycles. The van der Waals surface area contributed by atoms with Gasteiger partial charge < -0.3 is 0 Å². The first-order valence-corrected chi connectivity index (χ1v) is 13.0. The molecule has 0 aliphatic carbocycles. The lowest BCUT2D eigenvalue weighted by atomic mass is 10.0. The van der Waals surface area contributed by atoms with Crippen LogP contribution in [0.25, 0.3) is 0 Å². The maximum Gasteiger partial charge on any atom is 0.222 e. The van der Waals surface area contributed by atoms with E-state index in [1.54, 1.807) is 19.6 Å². The smallest absolute Gasteiger partial charge is 0.222 e. The van der Waals surface area contributed by atoms with Crippen LogP contribution in [-0.2, 0) is 32.3 Å². The molecule has 6 bridgehead atoms. The van der Waals surface area contributed by atoms with Crippen molar-refractivity contribution in [3.8, 4) is 0 Å². The van der Waals surface area contributed by atoms with E-state index in [1.165, 1.54) is 27.7 Å². The summed E-state index contributed by atoms with van der Waals surface area (Å²) < 4.78 is 0. The largest absolute Gasteiger partial charge is 0.299 e. The van der Waals surface area contributed by atoms with Gasteiger partial charge in [0.05, 0.1) is 0 Å². The molecule has 10 heteroatoms. The third-order valence-electron chi connectivity index (χ3n) is 8.31. The van der Waals surface area contributed by atoms with E-state index in [2.05, 4.69) is 9.80 Å². The van der Waals surface area contributed by atoms with Crippen molar-refractivity contribution >= 4 is 23.6 Å². The summed E-state index contributed by atoms with van der Waals surface area (Å²) in [5.74, 6) is -0.817. The van der Waals surface area contributed by atoms with Gasteiger partial charge in [0, 0.05) is 40.8 Å². The van der Waals surface area contributed by atoms with Crippen LogP contribution in [0.2, 0.25) is 0 Å². The van der Waals surface area contributed by atoms with E-state index in [0.29, 0.717) is 13.1 Å². The van der Waals surface area contributed by atoms with Gasteiger partial charge in [-0.1, -0.05) is 60.7 Å². The van der Waals surface area contributed by atoms with Crippen molar-refractivity contribution in [3.63, 3.8) is 0 Å². The quantitative estimate of drug-likeness (QED) is 0.611.